The Hall–Kier alpha value is -1.92. The summed E-state index contributed by atoms with van der Waals surface area (Å²) in [6.45, 7) is 3.76. The number of carbonyl (C=O) groups excluding carboxylic acids is 2. The molecule has 1 aromatic carbocycles. The van der Waals surface area contributed by atoms with Crippen LogP contribution in [0.25, 0.3) is 0 Å². The average molecular weight is 389 g/mol. The highest BCUT2D eigenvalue weighted by molar-refractivity contribution is 5.69. The predicted octanol–water partition coefficient (Wildman–Crippen LogP) is 3.92. The van der Waals surface area contributed by atoms with Crippen LogP contribution in [0.4, 0.5) is 4.79 Å². The lowest BCUT2D eigenvalue weighted by Crippen LogP contribution is -2.52. The molecule has 2 aliphatic heterocycles. The van der Waals surface area contributed by atoms with Gasteiger partial charge in [0.2, 0.25) is 0 Å². The fourth-order valence-corrected chi connectivity index (χ4v) is 4.31. The maximum absolute atomic E-state index is 12.9. The third-order valence-electron chi connectivity index (χ3n) is 5.59. The lowest BCUT2D eigenvalue weighted by Gasteiger charge is -2.43. The number of carbonyl (C=O) groups is 2. The Morgan fingerprint density at radius 1 is 1.14 bits per heavy atom. The molecule has 0 aromatic heterocycles. The Labute approximate surface area is 167 Å². The molecular weight excluding hydrogens is 358 g/mol. The van der Waals surface area contributed by atoms with E-state index in [4.69, 9.17) is 14.2 Å². The van der Waals surface area contributed by atoms with Gasteiger partial charge < -0.3 is 23.9 Å². The second-order valence-electron chi connectivity index (χ2n) is 7.84. The van der Waals surface area contributed by atoms with Gasteiger partial charge in [0.05, 0.1) is 13.2 Å². The van der Waals surface area contributed by atoms with Crippen LogP contribution >= 0.6 is 0 Å². The molecule has 0 unspecified atom stereocenters. The van der Waals surface area contributed by atoms with E-state index in [0.29, 0.717) is 25.6 Å². The van der Waals surface area contributed by atoms with E-state index in [2.05, 4.69) is 6.92 Å². The minimum absolute atomic E-state index is 0.0818. The average Bonchev–Trinajstić information content (AvgIpc) is 3.20. The molecule has 0 bridgehead atoms. The quantitative estimate of drug-likeness (QED) is 0.631. The highest BCUT2D eigenvalue weighted by Gasteiger charge is 2.37. The van der Waals surface area contributed by atoms with Crippen LogP contribution in [0.1, 0.15) is 51.0 Å². The van der Waals surface area contributed by atoms with E-state index in [1.807, 2.05) is 35.2 Å². The first kappa shape index (κ1) is 20.8. The molecule has 0 N–H and O–H groups in total. The molecule has 2 saturated heterocycles. The summed E-state index contributed by atoms with van der Waals surface area (Å²) in [5.74, 6) is 0.479. The first-order valence-corrected chi connectivity index (χ1v) is 10.3. The van der Waals surface area contributed by atoms with Crippen molar-refractivity contribution in [2.24, 2.45) is 5.92 Å². The van der Waals surface area contributed by atoms with E-state index in [-0.39, 0.29) is 31.1 Å². The number of likely N-dealkylation sites (tertiary alicyclic amines) is 1. The number of piperidine rings is 1. The second-order valence-corrected chi connectivity index (χ2v) is 7.84. The molecule has 0 spiro atoms. The van der Waals surface area contributed by atoms with Gasteiger partial charge in [-0.3, -0.25) is 0 Å². The van der Waals surface area contributed by atoms with Crippen LogP contribution in [-0.2, 0) is 25.6 Å². The summed E-state index contributed by atoms with van der Waals surface area (Å²) in [7, 11) is 0. The summed E-state index contributed by atoms with van der Waals surface area (Å²) in [5, 5.41) is 0. The fraction of sp³-hybridized carbons (Fsp3) is 0.636. The van der Waals surface area contributed by atoms with Crippen molar-refractivity contribution in [3.8, 4) is 0 Å². The van der Waals surface area contributed by atoms with Gasteiger partial charge in [-0.25, -0.2) is 4.79 Å². The Morgan fingerprint density at radius 2 is 1.86 bits per heavy atom. The SMILES string of the molecule is C[C@H]1C[C@H](CC=O)N(C(=O)OCc2ccccc2)[C@@H](CCCC2OCCO2)C1. The summed E-state index contributed by atoms with van der Waals surface area (Å²) < 4.78 is 16.6. The van der Waals surface area contributed by atoms with E-state index in [0.717, 1.165) is 44.0 Å². The summed E-state index contributed by atoms with van der Waals surface area (Å²) in [4.78, 5) is 26.0. The van der Waals surface area contributed by atoms with Crippen LogP contribution in [0.2, 0.25) is 0 Å². The highest BCUT2D eigenvalue weighted by atomic mass is 16.7. The van der Waals surface area contributed by atoms with Crippen LogP contribution in [0, 0.1) is 5.92 Å². The molecule has 2 aliphatic rings. The predicted molar refractivity (Wildman–Crippen MR) is 105 cm³/mol. The smallest absolute Gasteiger partial charge is 0.410 e. The van der Waals surface area contributed by atoms with Gasteiger partial charge in [0.1, 0.15) is 12.9 Å². The normalized spacial score (nSPS) is 25.6. The molecule has 0 saturated carbocycles. The number of benzene rings is 1. The van der Waals surface area contributed by atoms with E-state index in [9.17, 15) is 9.59 Å². The first-order valence-electron chi connectivity index (χ1n) is 10.3. The third kappa shape index (κ3) is 5.79. The molecule has 6 nitrogen and oxygen atoms in total. The number of aldehydes is 1. The van der Waals surface area contributed by atoms with Gasteiger partial charge in [-0.2, -0.15) is 0 Å². The topological polar surface area (TPSA) is 65.1 Å². The largest absolute Gasteiger partial charge is 0.445 e. The molecule has 0 aliphatic carbocycles. The zero-order valence-corrected chi connectivity index (χ0v) is 16.6. The molecule has 1 aromatic rings. The van der Waals surface area contributed by atoms with Gasteiger partial charge in [0.15, 0.2) is 6.29 Å². The first-order chi connectivity index (χ1) is 13.7. The minimum atomic E-state index is -0.319. The molecule has 0 radical (unpaired) electrons. The van der Waals surface area contributed by atoms with Crippen LogP contribution in [0.5, 0.6) is 0 Å². The van der Waals surface area contributed by atoms with Crippen molar-refractivity contribution in [1.82, 2.24) is 4.90 Å². The monoisotopic (exact) mass is 389 g/mol. The zero-order chi connectivity index (χ0) is 19.8. The summed E-state index contributed by atoms with van der Waals surface area (Å²) >= 11 is 0. The van der Waals surface area contributed by atoms with Gasteiger partial charge in [0, 0.05) is 18.5 Å². The molecule has 154 valence electrons. The Kier molecular flexibility index (Phi) is 7.86. The van der Waals surface area contributed by atoms with E-state index in [1.165, 1.54) is 0 Å². The lowest BCUT2D eigenvalue weighted by atomic mass is 9.84. The van der Waals surface area contributed by atoms with Gasteiger partial charge >= 0.3 is 6.09 Å². The molecule has 2 fully saturated rings. The Balaban J connectivity index is 1.61. The van der Waals surface area contributed by atoms with Gasteiger partial charge in [-0.15, -0.1) is 0 Å². The van der Waals surface area contributed by atoms with Crippen LogP contribution in [0.15, 0.2) is 30.3 Å². The molecule has 28 heavy (non-hydrogen) atoms. The lowest BCUT2D eigenvalue weighted by molar-refractivity contribution is -0.109. The summed E-state index contributed by atoms with van der Waals surface area (Å²) in [5.41, 5.74) is 0.959. The zero-order valence-electron chi connectivity index (χ0n) is 16.6. The second kappa shape index (κ2) is 10.6. The van der Waals surface area contributed by atoms with Gasteiger partial charge in [0.25, 0.3) is 0 Å². The van der Waals surface area contributed by atoms with Crippen molar-refractivity contribution in [2.45, 2.75) is 70.4 Å². The molecule has 1 amide bonds. The van der Waals surface area contributed by atoms with Crippen molar-refractivity contribution in [3.05, 3.63) is 35.9 Å². The molecular formula is C22H31NO5. The van der Waals surface area contributed by atoms with Crippen molar-refractivity contribution < 1.29 is 23.8 Å². The summed E-state index contributed by atoms with van der Waals surface area (Å²) in [6.07, 6.45) is 5.21. The number of ether oxygens (including phenoxy) is 3. The van der Waals surface area contributed by atoms with Gasteiger partial charge in [-0.05, 0) is 43.6 Å². The number of hydrogen-bond acceptors (Lipinski definition) is 5. The molecule has 3 rings (SSSR count). The highest BCUT2D eigenvalue weighted by Crippen LogP contribution is 2.32. The van der Waals surface area contributed by atoms with E-state index < -0.39 is 0 Å². The van der Waals surface area contributed by atoms with E-state index >= 15 is 0 Å². The maximum atomic E-state index is 12.9. The van der Waals surface area contributed by atoms with Crippen LogP contribution in [0.3, 0.4) is 0 Å². The molecule has 6 heteroatoms. The standard InChI is InChI=1S/C22H31NO5/c1-17-14-19(8-5-9-21-26-12-13-27-21)23(20(15-17)10-11-24)22(25)28-16-18-6-3-2-4-7-18/h2-4,6-7,11,17,19-21H,5,8-10,12-16H2,1H3/t17-,19+,20+/m1/s1. The van der Waals surface area contributed by atoms with Gasteiger partial charge in [-0.1, -0.05) is 37.3 Å². The summed E-state index contributed by atoms with van der Waals surface area (Å²) in [6, 6.07) is 9.66. The number of amides is 1. The third-order valence-corrected chi connectivity index (χ3v) is 5.59. The van der Waals surface area contributed by atoms with Crippen LogP contribution < -0.4 is 0 Å². The fourth-order valence-electron chi connectivity index (χ4n) is 4.31. The Morgan fingerprint density at radius 3 is 2.57 bits per heavy atom. The minimum Gasteiger partial charge on any atom is -0.445 e. The van der Waals surface area contributed by atoms with Crippen molar-refractivity contribution in [2.75, 3.05) is 13.2 Å². The van der Waals surface area contributed by atoms with Crippen molar-refractivity contribution in [3.63, 3.8) is 0 Å². The van der Waals surface area contributed by atoms with E-state index in [1.54, 1.807) is 0 Å². The molecule has 3 atom stereocenters. The van der Waals surface area contributed by atoms with Crippen molar-refractivity contribution in [1.29, 1.82) is 0 Å². The van der Waals surface area contributed by atoms with Crippen molar-refractivity contribution >= 4 is 12.4 Å². The maximum Gasteiger partial charge on any atom is 0.410 e. The molecule has 2 heterocycles. The number of hydrogen-bond donors (Lipinski definition) is 0. The van der Waals surface area contributed by atoms with Crippen LogP contribution in [-0.4, -0.2) is 48.9 Å². The Bertz CT molecular complexity index is 617. The number of nitrogens with zero attached hydrogens (tertiary/aromatic N) is 1. The number of rotatable bonds is 8.